The minimum Gasteiger partial charge on any atom is -0.465 e. The number of carbonyl (C=O) groups is 2. The number of esters is 2. The number of carbonyl (C=O) groups excluding carboxylic acids is 2. The summed E-state index contributed by atoms with van der Waals surface area (Å²) in [7, 11) is 0. The Morgan fingerprint density at radius 1 is 1.00 bits per heavy atom. The Balaban J connectivity index is 2.43. The van der Waals surface area contributed by atoms with Gasteiger partial charge < -0.3 is 9.47 Å². The van der Waals surface area contributed by atoms with E-state index in [4.69, 9.17) is 9.47 Å². The first kappa shape index (κ1) is 20.7. The van der Waals surface area contributed by atoms with Gasteiger partial charge in [0.15, 0.2) is 5.41 Å². The van der Waals surface area contributed by atoms with Crippen LogP contribution in [0.15, 0.2) is 0 Å². The van der Waals surface area contributed by atoms with Crippen molar-refractivity contribution in [1.82, 2.24) is 0 Å². The Bertz CT molecular complexity index is 515. The third-order valence-corrected chi connectivity index (χ3v) is 6.02. The van der Waals surface area contributed by atoms with Crippen LogP contribution in [0, 0.1) is 34.5 Å². The Morgan fingerprint density at radius 3 is 2.08 bits per heavy atom. The highest BCUT2D eigenvalue weighted by molar-refractivity contribution is 5.88. The van der Waals surface area contributed by atoms with Crippen LogP contribution in [0.1, 0.15) is 78.1 Å². The van der Waals surface area contributed by atoms with Gasteiger partial charge in [0.25, 0.3) is 0 Å². The molecule has 2 rings (SSSR count). The molecule has 0 N–H and O–H groups in total. The van der Waals surface area contributed by atoms with Crippen LogP contribution in [0.4, 0.5) is 0 Å². The molecule has 0 aromatic heterocycles. The molecule has 0 saturated heterocycles. The highest BCUT2D eigenvalue weighted by Crippen LogP contribution is 2.51. The predicted octanol–water partition coefficient (Wildman–Crippen LogP) is 4.40. The van der Waals surface area contributed by atoms with Gasteiger partial charge in [0.05, 0.1) is 25.2 Å². The van der Waals surface area contributed by atoms with Crippen LogP contribution in [0.25, 0.3) is 0 Å². The third-order valence-electron chi connectivity index (χ3n) is 6.02. The molecule has 2 fully saturated rings. The van der Waals surface area contributed by atoms with Crippen molar-refractivity contribution in [3.63, 3.8) is 0 Å². The molecule has 0 amide bonds. The third kappa shape index (κ3) is 4.22. The van der Waals surface area contributed by atoms with Crippen LogP contribution < -0.4 is 0 Å². The van der Waals surface area contributed by atoms with Crippen LogP contribution in [0.3, 0.4) is 0 Å². The first-order chi connectivity index (χ1) is 12.6. The molecule has 0 aliphatic heterocycles. The van der Waals surface area contributed by atoms with Crippen molar-refractivity contribution in [1.29, 1.82) is 5.26 Å². The lowest BCUT2D eigenvalue weighted by atomic mass is 9.62. The van der Waals surface area contributed by atoms with E-state index < -0.39 is 17.3 Å². The predicted molar refractivity (Wildman–Crippen MR) is 98.0 cm³/mol. The lowest BCUT2D eigenvalue weighted by Gasteiger charge is -2.39. The van der Waals surface area contributed by atoms with Crippen molar-refractivity contribution in [3.8, 4) is 6.07 Å². The lowest BCUT2D eigenvalue weighted by Crippen LogP contribution is -2.50. The summed E-state index contributed by atoms with van der Waals surface area (Å²) in [6.45, 7) is 4.50. The summed E-state index contributed by atoms with van der Waals surface area (Å²) in [5.41, 5.74) is -1.40. The zero-order valence-corrected chi connectivity index (χ0v) is 16.3. The van der Waals surface area contributed by atoms with Crippen molar-refractivity contribution in [2.45, 2.75) is 78.1 Å². The minimum atomic E-state index is -1.40. The highest BCUT2D eigenvalue weighted by atomic mass is 16.5. The zero-order chi connectivity index (χ0) is 19.0. The molecule has 0 aromatic rings. The first-order valence-electron chi connectivity index (χ1n) is 10.4. The van der Waals surface area contributed by atoms with Gasteiger partial charge in [0.1, 0.15) is 0 Å². The number of rotatable bonds is 9. The van der Waals surface area contributed by atoms with Crippen molar-refractivity contribution < 1.29 is 19.1 Å². The van der Waals surface area contributed by atoms with E-state index in [0.29, 0.717) is 13.0 Å². The second-order valence-electron chi connectivity index (χ2n) is 7.79. The summed E-state index contributed by atoms with van der Waals surface area (Å²) in [5.74, 6) is -1.65. The van der Waals surface area contributed by atoms with Gasteiger partial charge in [0, 0.05) is 0 Å². The van der Waals surface area contributed by atoms with Crippen LogP contribution >= 0.6 is 0 Å². The van der Waals surface area contributed by atoms with Gasteiger partial charge in [-0.15, -0.1) is 0 Å². The van der Waals surface area contributed by atoms with Gasteiger partial charge in [-0.1, -0.05) is 39.5 Å². The molecule has 0 heterocycles. The fraction of sp³-hybridized carbons (Fsp3) is 0.857. The second-order valence-corrected chi connectivity index (χ2v) is 7.79. The van der Waals surface area contributed by atoms with E-state index in [1.807, 2.05) is 13.8 Å². The molecule has 2 aliphatic rings. The van der Waals surface area contributed by atoms with Crippen molar-refractivity contribution >= 4 is 11.9 Å². The molecular weight excluding hydrogens is 330 g/mol. The van der Waals surface area contributed by atoms with Crippen LogP contribution in [0.2, 0.25) is 0 Å². The van der Waals surface area contributed by atoms with E-state index in [0.717, 1.165) is 57.8 Å². The van der Waals surface area contributed by atoms with Crippen molar-refractivity contribution in [3.05, 3.63) is 0 Å². The molecule has 146 valence electrons. The molecule has 2 atom stereocenters. The average molecular weight is 363 g/mol. The lowest BCUT2D eigenvalue weighted by molar-refractivity contribution is -0.172. The summed E-state index contributed by atoms with van der Waals surface area (Å²) in [6, 6.07) is 2.33. The highest BCUT2D eigenvalue weighted by Gasteiger charge is 2.59. The summed E-state index contributed by atoms with van der Waals surface area (Å²) < 4.78 is 11.0. The average Bonchev–Trinajstić information content (AvgIpc) is 3.36. The molecule has 26 heavy (non-hydrogen) atoms. The zero-order valence-electron chi connectivity index (χ0n) is 16.3. The van der Waals surface area contributed by atoms with Crippen molar-refractivity contribution in [2.24, 2.45) is 23.2 Å². The number of hydrogen-bond acceptors (Lipinski definition) is 5. The van der Waals surface area contributed by atoms with Gasteiger partial charge in [-0.3, -0.25) is 9.59 Å². The number of nitrogens with zero attached hydrogens (tertiary/aromatic N) is 1. The Labute approximate surface area is 157 Å². The molecule has 2 unspecified atom stereocenters. The normalized spacial score (nSPS) is 21.7. The molecule has 0 bridgehead atoms. The van der Waals surface area contributed by atoms with E-state index in [1.165, 1.54) is 0 Å². The molecule has 0 aromatic carbocycles. The topological polar surface area (TPSA) is 76.4 Å². The monoisotopic (exact) mass is 363 g/mol. The largest absolute Gasteiger partial charge is 0.465 e. The molecule has 0 spiro atoms. The summed E-state index contributed by atoms with van der Waals surface area (Å²) >= 11 is 0. The van der Waals surface area contributed by atoms with Crippen LogP contribution in [-0.4, -0.2) is 25.2 Å². The second kappa shape index (κ2) is 9.94. The number of ether oxygens (including phenoxy) is 2. The van der Waals surface area contributed by atoms with E-state index in [1.54, 1.807) is 0 Å². The van der Waals surface area contributed by atoms with E-state index in [9.17, 15) is 14.9 Å². The maximum absolute atomic E-state index is 13.2. The maximum Gasteiger partial charge on any atom is 0.327 e. The van der Waals surface area contributed by atoms with Crippen molar-refractivity contribution in [2.75, 3.05) is 13.2 Å². The Kier molecular flexibility index (Phi) is 7.93. The number of nitriles is 1. The van der Waals surface area contributed by atoms with Gasteiger partial charge in [-0.2, -0.15) is 5.26 Å². The Hall–Kier alpha value is -1.57. The van der Waals surface area contributed by atoms with E-state index >= 15 is 0 Å². The molecule has 5 heteroatoms. The first-order valence-corrected chi connectivity index (χ1v) is 10.4. The fourth-order valence-corrected chi connectivity index (χ4v) is 4.78. The van der Waals surface area contributed by atoms with Gasteiger partial charge >= 0.3 is 11.9 Å². The number of hydrogen-bond donors (Lipinski definition) is 0. The summed E-state index contributed by atoms with van der Waals surface area (Å²) in [5, 5.41) is 10.3. The SMILES string of the molecule is CCCOC(=O)C(C1CCCC1)C(C#N)(C(=O)OCCC)C1CCCC1. The van der Waals surface area contributed by atoms with Crippen LogP contribution in [-0.2, 0) is 19.1 Å². The standard InChI is InChI=1S/C21H33NO4/c1-3-13-25-19(23)18(16-9-5-6-10-16)21(15-22,17-11-7-8-12-17)20(24)26-14-4-2/h16-18H,3-14H2,1-2H3. The van der Waals surface area contributed by atoms with Gasteiger partial charge in [-0.05, 0) is 50.4 Å². The quantitative estimate of drug-likeness (QED) is 0.568. The molecule has 2 aliphatic carbocycles. The van der Waals surface area contributed by atoms with E-state index in [2.05, 4.69) is 6.07 Å². The van der Waals surface area contributed by atoms with Crippen LogP contribution in [0.5, 0.6) is 0 Å². The Morgan fingerprint density at radius 2 is 1.54 bits per heavy atom. The fourth-order valence-electron chi connectivity index (χ4n) is 4.78. The molecule has 2 saturated carbocycles. The van der Waals surface area contributed by atoms with Gasteiger partial charge in [0.2, 0.25) is 0 Å². The molecule has 5 nitrogen and oxygen atoms in total. The minimum absolute atomic E-state index is 0.0359. The molecular formula is C21H33NO4. The van der Waals surface area contributed by atoms with E-state index in [-0.39, 0.29) is 24.4 Å². The summed E-state index contributed by atoms with van der Waals surface area (Å²) in [6.07, 6.45) is 8.87. The smallest absolute Gasteiger partial charge is 0.327 e. The van der Waals surface area contributed by atoms with Gasteiger partial charge in [-0.25, -0.2) is 0 Å². The maximum atomic E-state index is 13.2. The summed E-state index contributed by atoms with van der Waals surface area (Å²) in [4.78, 5) is 26.2. The molecule has 0 radical (unpaired) electrons.